The van der Waals surface area contributed by atoms with E-state index in [9.17, 15) is 14.7 Å². The fourth-order valence-corrected chi connectivity index (χ4v) is 2.25. The lowest BCUT2D eigenvalue weighted by atomic mass is 10.2. The molecule has 0 saturated heterocycles. The standard InChI is InChI=1S/C19H17N5O4/c1-12-8-22-17(10-21-12)24-19(27)23-15-5-4-14(18(25)26)7-16(15)28-11-13-3-2-6-20-9-13/h2-10H,11H2,1H3,(H,25,26)(H2,22,23,24,27). The van der Waals surface area contributed by atoms with Crippen LogP contribution in [0, 0.1) is 6.92 Å². The molecule has 142 valence electrons. The molecule has 0 radical (unpaired) electrons. The molecule has 0 bridgehead atoms. The fourth-order valence-electron chi connectivity index (χ4n) is 2.25. The minimum absolute atomic E-state index is 0.0385. The maximum absolute atomic E-state index is 12.2. The quantitative estimate of drug-likeness (QED) is 0.600. The molecule has 2 heterocycles. The summed E-state index contributed by atoms with van der Waals surface area (Å²) in [7, 11) is 0. The van der Waals surface area contributed by atoms with Crippen molar-refractivity contribution in [1.29, 1.82) is 0 Å². The number of benzene rings is 1. The van der Waals surface area contributed by atoms with Crippen LogP contribution in [0.1, 0.15) is 21.6 Å². The number of pyridine rings is 1. The van der Waals surface area contributed by atoms with E-state index in [1.54, 1.807) is 25.4 Å². The van der Waals surface area contributed by atoms with Crippen LogP contribution in [0.5, 0.6) is 5.75 Å². The molecule has 9 nitrogen and oxygen atoms in total. The Hall–Kier alpha value is -4.01. The Balaban J connectivity index is 1.75. The molecule has 0 aliphatic carbocycles. The Morgan fingerprint density at radius 3 is 2.64 bits per heavy atom. The van der Waals surface area contributed by atoms with Crippen LogP contribution in [0.15, 0.2) is 55.1 Å². The van der Waals surface area contributed by atoms with Gasteiger partial charge in [-0.2, -0.15) is 0 Å². The Morgan fingerprint density at radius 2 is 1.96 bits per heavy atom. The van der Waals surface area contributed by atoms with Crippen molar-refractivity contribution < 1.29 is 19.4 Å². The van der Waals surface area contributed by atoms with Crippen molar-refractivity contribution in [2.24, 2.45) is 0 Å². The number of nitrogens with one attached hydrogen (secondary N) is 2. The van der Waals surface area contributed by atoms with E-state index in [4.69, 9.17) is 4.74 Å². The predicted octanol–water partition coefficient (Wildman–Crippen LogP) is 3.10. The first-order chi connectivity index (χ1) is 13.5. The van der Waals surface area contributed by atoms with Gasteiger partial charge in [0, 0.05) is 18.0 Å². The molecule has 9 heteroatoms. The van der Waals surface area contributed by atoms with Crippen molar-refractivity contribution in [3.8, 4) is 5.75 Å². The first-order valence-corrected chi connectivity index (χ1v) is 8.27. The Labute approximate surface area is 160 Å². The molecule has 1 aromatic carbocycles. The van der Waals surface area contributed by atoms with Gasteiger partial charge in [0.1, 0.15) is 12.4 Å². The second-order valence-corrected chi connectivity index (χ2v) is 5.79. The van der Waals surface area contributed by atoms with Crippen LogP contribution in [-0.4, -0.2) is 32.1 Å². The lowest BCUT2D eigenvalue weighted by Crippen LogP contribution is -2.21. The topological polar surface area (TPSA) is 126 Å². The Kier molecular flexibility index (Phi) is 5.75. The number of aromatic nitrogens is 3. The number of aryl methyl sites for hydroxylation is 1. The minimum atomic E-state index is -1.10. The number of hydrogen-bond acceptors (Lipinski definition) is 6. The lowest BCUT2D eigenvalue weighted by Gasteiger charge is -2.14. The van der Waals surface area contributed by atoms with Crippen LogP contribution in [-0.2, 0) is 6.61 Å². The molecule has 3 N–H and O–H groups in total. The monoisotopic (exact) mass is 379 g/mol. The second kappa shape index (κ2) is 8.58. The first kappa shape index (κ1) is 18.8. The van der Waals surface area contributed by atoms with E-state index >= 15 is 0 Å². The molecular formula is C19H17N5O4. The van der Waals surface area contributed by atoms with Crippen LogP contribution >= 0.6 is 0 Å². The average molecular weight is 379 g/mol. The summed E-state index contributed by atoms with van der Waals surface area (Å²) in [5.41, 5.74) is 1.87. The van der Waals surface area contributed by atoms with Gasteiger partial charge in [0.05, 0.1) is 29.3 Å². The number of aromatic carboxylic acids is 1. The highest BCUT2D eigenvalue weighted by atomic mass is 16.5. The lowest BCUT2D eigenvalue weighted by molar-refractivity contribution is 0.0696. The number of ether oxygens (including phenoxy) is 1. The third-order valence-electron chi connectivity index (χ3n) is 3.62. The van der Waals surface area contributed by atoms with Crippen molar-refractivity contribution in [1.82, 2.24) is 15.0 Å². The molecule has 28 heavy (non-hydrogen) atoms. The summed E-state index contributed by atoms with van der Waals surface area (Å²) >= 11 is 0. The third-order valence-corrected chi connectivity index (χ3v) is 3.62. The van der Waals surface area contributed by atoms with Gasteiger partial charge < -0.3 is 15.2 Å². The van der Waals surface area contributed by atoms with E-state index in [1.165, 1.54) is 30.6 Å². The zero-order chi connectivity index (χ0) is 19.9. The molecule has 0 atom stereocenters. The van der Waals surface area contributed by atoms with E-state index in [2.05, 4.69) is 25.6 Å². The van der Waals surface area contributed by atoms with E-state index in [-0.39, 0.29) is 23.7 Å². The van der Waals surface area contributed by atoms with Gasteiger partial charge >= 0.3 is 12.0 Å². The largest absolute Gasteiger partial charge is 0.487 e. The fraction of sp³-hybridized carbons (Fsp3) is 0.105. The molecule has 0 spiro atoms. The Morgan fingerprint density at radius 1 is 1.11 bits per heavy atom. The summed E-state index contributed by atoms with van der Waals surface area (Å²) in [6.07, 6.45) is 6.23. The molecule has 0 unspecified atom stereocenters. The number of carboxylic acid groups (broad SMARTS) is 1. The smallest absolute Gasteiger partial charge is 0.335 e. The van der Waals surface area contributed by atoms with Gasteiger partial charge in [-0.3, -0.25) is 15.3 Å². The highest BCUT2D eigenvalue weighted by molar-refractivity contribution is 6.00. The number of anilines is 2. The van der Waals surface area contributed by atoms with Crippen molar-refractivity contribution >= 4 is 23.5 Å². The summed E-state index contributed by atoms with van der Waals surface area (Å²) in [4.78, 5) is 35.6. The second-order valence-electron chi connectivity index (χ2n) is 5.79. The third kappa shape index (κ3) is 5.01. The number of hydrogen-bond donors (Lipinski definition) is 3. The molecule has 2 aromatic heterocycles. The SMILES string of the molecule is Cc1cnc(NC(=O)Nc2ccc(C(=O)O)cc2OCc2cccnc2)cn1. The normalized spacial score (nSPS) is 10.2. The molecule has 0 aliphatic heterocycles. The summed E-state index contributed by atoms with van der Waals surface area (Å²) in [5.74, 6) is -0.603. The molecule has 2 amide bonds. The minimum Gasteiger partial charge on any atom is -0.487 e. The summed E-state index contributed by atoms with van der Waals surface area (Å²) in [5, 5.41) is 14.4. The van der Waals surface area contributed by atoms with Crippen LogP contribution in [0.3, 0.4) is 0 Å². The van der Waals surface area contributed by atoms with Crippen molar-refractivity contribution in [2.75, 3.05) is 10.6 Å². The number of rotatable bonds is 6. The van der Waals surface area contributed by atoms with E-state index in [0.717, 1.165) is 11.3 Å². The predicted molar refractivity (Wildman–Crippen MR) is 101 cm³/mol. The molecule has 0 saturated carbocycles. The van der Waals surface area contributed by atoms with Crippen molar-refractivity contribution in [2.45, 2.75) is 13.5 Å². The van der Waals surface area contributed by atoms with Crippen LogP contribution < -0.4 is 15.4 Å². The average Bonchev–Trinajstić information content (AvgIpc) is 2.69. The molecule has 0 aliphatic rings. The number of carbonyl (C=O) groups excluding carboxylic acids is 1. The molecule has 0 fully saturated rings. The number of urea groups is 1. The van der Waals surface area contributed by atoms with Crippen LogP contribution in [0.4, 0.5) is 16.3 Å². The maximum Gasteiger partial charge on any atom is 0.335 e. The summed E-state index contributed by atoms with van der Waals surface area (Å²) in [6.45, 7) is 1.95. The zero-order valence-corrected chi connectivity index (χ0v) is 14.9. The number of carboxylic acids is 1. The van der Waals surface area contributed by atoms with Gasteiger partial charge in [0.15, 0.2) is 5.82 Å². The van der Waals surface area contributed by atoms with Crippen LogP contribution in [0.2, 0.25) is 0 Å². The van der Waals surface area contributed by atoms with E-state index in [1.807, 2.05) is 6.07 Å². The highest BCUT2D eigenvalue weighted by Crippen LogP contribution is 2.27. The highest BCUT2D eigenvalue weighted by Gasteiger charge is 2.13. The summed E-state index contributed by atoms with van der Waals surface area (Å²) < 4.78 is 5.71. The molecular weight excluding hydrogens is 362 g/mol. The number of nitrogens with zero attached hydrogens (tertiary/aromatic N) is 3. The molecule has 3 rings (SSSR count). The maximum atomic E-state index is 12.2. The summed E-state index contributed by atoms with van der Waals surface area (Å²) in [6, 6.07) is 7.21. The van der Waals surface area contributed by atoms with E-state index in [0.29, 0.717) is 5.69 Å². The van der Waals surface area contributed by atoms with Crippen molar-refractivity contribution in [3.05, 3.63) is 71.9 Å². The van der Waals surface area contributed by atoms with Gasteiger partial charge in [0.25, 0.3) is 0 Å². The van der Waals surface area contributed by atoms with Crippen molar-refractivity contribution in [3.63, 3.8) is 0 Å². The zero-order valence-electron chi connectivity index (χ0n) is 14.9. The van der Waals surface area contributed by atoms with Crippen LogP contribution in [0.25, 0.3) is 0 Å². The van der Waals surface area contributed by atoms with Gasteiger partial charge in [-0.05, 0) is 31.2 Å². The number of amides is 2. The first-order valence-electron chi connectivity index (χ1n) is 8.27. The molecule has 3 aromatic rings. The van der Waals surface area contributed by atoms with Gasteiger partial charge in [-0.25, -0.2) is 14.6 Å². The van der Waals surface area contributed by atoms with E-state index < -0.39 is 12.0 Å². The van der Waals surface area contributed by atoms with Gasteiger partial charge in [-0.15, -0.1) is 0 Å². The number of carbonyl (C=O) groups is 2. The van der Waals surface area contributed by atoms with Gasteiger partial charge in [0.2, 0.25) is 0 Å². The van der Waals surface area contributed by atoms with Gasteiger partial charge in [-0.1, -0.05) is 6.07 Å². The Bertz CT molecular complexity index is 977.